The van der Waals surface area contributed by atoms with Crippen LogP contribution in [-0.2, 0) is 4.74 Å². The molecule has 151 valence electrons. The van der Waals surface area contributed by atoms with Crippen LogP contribution >= 0.6 is 0 Å². The topological polar surface area (TPSA) is 26.3 Å². The Morgan fingerprint density at radius 2 is 1.52 bits per heavy atom. The van der Waals surface area contributed by atoms with Gasteiger partial charge in [0.1, 0.15) is 0 Å². The van der Waals surface area contributed by atoms with Crippen LogP contribution < -0.4 is 0 Å². The van der Waals surface area contributed by atoms with Gasteiger partial charge in [0, 0.05) is 0 Å². The number of allylic oxidation sites excluding steroid dienone is 1. The van der Waals surface area contributed by atoms with E-state index in [1.165, 1.54) is 77.0 Å². The standard InChI is InChI=1S/C25H39O2/c1-3-5-6-7-8-9-10-11-12-13-14-15-16-17-20-23-21-18-19-22-24(23)25(26)27-4-2/h17-18,20-22H,3-16H2,1-2H3/b20-17+. The first-order valence-electron chi connectivity index (χ1n) is 11.1. The van der Waals surface area contributed by atoms with Gasteiger partial charge in [-0.1, -0.05) is 102 Å². The Hall–Kier alpha value is -1.57. The van der Waals surface area contributed by atoms with Gasteiger partial charge < -0.3 is 4.74 Å². The molecule has 0 bridgehead atoms. The van der Waals surface area contributed by atoms with Crippen LogP contribution in [0.1, 0.15) is 113 Å². The minimum Gasteiger partial charge on any atom is -0.462 e. The monoisotopic (exact) mass is 371 g/mol. The lowest BCUT2D eigenvalue weighted by molar-refractivity contribution is 0.0526. The van der Waals surface area contributed by atoms with Crippen molar-refractivity contribution in [2.45, 2.75) is 97.3 Å². The van der Waals surface area contributed by atoms with Crippen molar-refractivity contribution in [1.82, 2.24) is 0 Å². The number of hydrogen-bond donors (Lipinski definition) is 0. The van der Waals surface area contributed by atoms with Crippen LogP contribution in [0.15, 0.2) is 24.3 Å². The number of carbonyl (C=O) groups excluding carboxylic acids is 1. The van der Waals surface area contributed by atoms with Gasteiger partial charge in [-0.3, -0.25) is 0 Å². The van der Waals surface area contributed by atoms with Gasteiger partial charge in [-0.2, -0.15) is 0 Å². The van der Waals surface area contributed by atoms with Crippen molar-refractivity contribution >= 4 is 12.0 Å². The highest BCUT2D eigenvalue weighted by Gasteiger charge is 2.09. The predicted octanol–water partition coefficient (Wildman–Crippen LogP) is 7.77. The van der Waals surface area contributed by atoms with Crippen molar-refractivity contribution in [1.29, 1.82) is 0 Å². The van der Waals surface area contributed by atoms with E-state index in [-0.39, 0.29) is 5.97 Å². The molecule has 2 heteroatoms. The summed E-state index contributed by atoms with van der Waals surface area (Å²) in [5, 5.41) is 0. The molecule has 0 atom stereocenters. The number of rotatable bonds is 16. The molecule has 27 heavy (non-hydrogen) atoms. The molecule has 0 saturated carbocycles. The van der Waals surface area contributed by atoms with Gasteiger partial charge in [-0.25, -0.2) is 4.79 Å². The first-order chi connectivity index (χ1) is 13.3. The van der Waals surface area contributed by atoms with Gasteiger partial charge in [0.25, 0.3) is 0 Å². The Bertz CT molecular complexity index is 519. The molecule has 0 aliphatic carbocycles. The summed E-state index contributed by atoms with van der Waals surface area (Å²) < 4.78 is 5.10. The van der Waals surface area contributed by atoms with Crippen molar-refractivity contribution in [3.05, 3.63) is 41.5 Å². The maximum absolute atomic E-state index is 11.9. The molecule has 0 spiro atoms. The van der Waals surface area contributed by atoms with E-state index in [1.54, 1.807) is 6.07 Å². The summed E-state index contributed by atoms with van der Waals surface area (Å²) in [6.45, 7) is 4.50. The maximum atomic E-state index is 11.9. The number of benzene rings is 1. The Labute approximate surface area is 167 Å². The van der Waals surface area contributed by atoms with Crippen LogP contribution in [-0.4, -0.2) is 12.6 Å². The first kappa shape index (κ1) is 23.5. The zero-order valence-electron chi connectivity index (χ0n) is 17.6. The van der Waals surface area contributed by atoms with Gasteiger partial charge in [0.15, 0.2) is 0 Å². The van der Waals surface area contributed by atoms with Crippen molar-refractivity contribution < 1.29 is 9.53 Å². The molecule has 0 aromatic heterocycles. The number of hydrogen-bond acceptors (Lipinski definition) is 2. The van der Waals surface area contributed by atoms with Gasteiger partial charge in [0.2, 0.25) is 0 Å². The zero-order chi connectivity index (χ0) is 19.6. The normalized spacial score (nSPS) is 11.2. The highest BCUT2D eigenvalue weighted by molar-refractivity contribution is 5.93. The molecular formula is C25H39O2. The third-order valence-electron chi connectivity index (χ3n) is 4.91. The summed E-state index contributed by atoms with van der Waals surface area (Å²) in [5.41, 5.74) is 1.52. The SMILES string of the molecule is CCCCCCCCCCCCCC/C=C/c1cc[c]cc1C(=O)OCC. The molecule has 0 unspecified atom stereocenters. The van der Waals surface area contributed by atoms with E-state index in [1.807, 2.05) is 25.1 Å². The van der Waals surface area contributed by atoms with Gasteiger partial charge in [0.05, 0.1) is 12.2 Å². The molecule has 0 aliphatic heterocycles. The van der Waals surface area contributed by atoms with Crippen LogP contribution in [0, 0.1) is 6.07 Å². The molecule has 1 rings (SSSR count). The number of ether oxygens (including phenoxy) is 1. The molecule has 1 radical (unpaired) electrons. The number of esters is 1. The average molecular weight is 372 g/mol. The third kappa shape index (κ3) is 11.7. The van der Waals surface area contributed by atoms with E-state index in [9.17, 15) is 4.79 Å². The Morgan fingerprint density at radius 1 is 0.926 bits per heavy atom. The van der Waals surface area contributed by atoms with E-state index in [4.69, 9.17) is 4.74 Å². The quantitative estimate of drug-likeness (QED) is 0.219. The summed E-state index contributed by atoms with van der Waals surface area (Å²) in [4.78, 5) is 11.9. The first-order valence-corrected chi connectivity index (χ1v) is 11.1. The fraction of sp³-hybridized carbons (Fsp3) is 0.640. The zero-order valence-corrected chi connectivity index (χ0v) is 17.6. The number of unbranched alkanes of at least 4 members (excludes halogenated alkanes) is 12. The van der Waals surface area contributed by atoms with Gasteiger partial charge in [-0.05, 0) is 37.5 Å². The Morgan fingerprint density at radius 3 is 2.11 bits per heavy atom. The second-order valence-corrected chi connectivity index (χ2v) is 7.31. The molecule has 0 amide bonds. The van der Waals surface area contributed by atoms with Crippen molar-refractivity contribution in [2.75, 3.05) is 6.61 Å². The molecule has 1 aromatic carbocycles. The van der Waals surface area contributed by atoms with E-state index < -0.39 is 0 Å². The van der Waals surface area contributed by atoms with Gasteiger partial charge >= 0.3 is 5.97 Å². The lowest BCUT2D eigenvalue weighted by Crippen LogP contribution is -2.06. The molecule has 0 aliphatic rings. The molecule has 0 fully saturated rings. The highest BCUT2D eigenvalue weighted by Crippen LogP contribution is 2.15. The third-order valence-corrected chi connectivity index (χ3v) is 4.91. The average Bonchev–Trinajstić information content (AvgIpc) is 2.68. The lowest BCUT2D eigenvalue weighted by Gasteiger charge is -2.05. The van der Waals surface area contributed by atoms with Crippen LogP contribution in [0.2, 0.25) is 0 Å². The smallest absolute Gasteiger partial charge is 0.338 e. The van der Waals surface area contributed by atoms with Crippen molar-refractivity contribution in [3.8, 4) is 0 Å². The minimum absolute atomic E-state index is 0.264. The molecule has 2 nitrogen and oxygen atoms in total. The molecule has 0 heterocycles. The fourth-order valence-electron chi connectivity index (χ4n) is 3.29. The summed E-state index contributed by atoms with van der Waals surface area (Å²) in [6, 6.07) is 8.43. The molecule has 0 saturated heterocycles. The second kappa shape index (κ2) is 16.6. The van der Waals surface area contributed by atoms with Crippen LogP contribution in [0.4, 0.5) is 0 Å². The lowest BCUT2D eigenvalue weighted by atomic mass is 10.0. The Kier molecular flexibility index (Phi) is 14.4. The largest absolute Gasteiger partial charge is 0.462 e. The maximum Gasteiger partial charge on any atom is 0.338 e. The second-order valence-electron chi connectivity index (χ2n) is 7.31. The van der Waals surface area contributed by atoms with Gasteiger partial charge in [-0.15, -0.1) is 0 Å². The molecular weight excluding hydrogens is 332 g/mol. The minimum atomic E-state index is -0.264. The summed E-state index contributed by atoms with van der Waals surface area (Å²) >= 11 is 0. The summed E-state index contributed by atoms with van der Waals surface area (Å²) in [5.74, 6) is -0.264. The molecule has 0 N–H and O–H groups in total. The highest BCUT2D eigenvalue weighted by atomic mass is 16.5. The fourth-order valence-corrected chi connectivity index (χ4v) is 3.29. The van der Waals surface area contributed by atoms with E-state index in [2.05, 4.69) is 19.1 Å². The van der Waals surface area contributed by atoms with Crippen molar-refractivity contribution in [3.63, 3.8) is 0 Å². The van der Waals surface area contributed by atoms with Crippen LogP contribution in [0.25, 0.3) is 6.08 Å². The summed E-state index contributed by atoms with van der Waals surface area (Å²) in [7, 11) is 0. The van der Waals surface area contributed by atoms with E-state index in [0.29, 0.717) is 12.2 Å². The van der Waals surface area contributed by atoms with E-state index >= 15 is 0 Å². The predicted molar refractivity (Wildman–Crippen MR) is 116 cm³/mol. The van der Waals surface area contributed by atoms with E-state index in [0.717, 1.165) is 12.0 Å². The Balaban J connectivity index is 2.06. The molecule has 1 aromatic rings. The van der Waals surface area contributed by atoms with Crippen molar-refractivity contribution in [2.24, 2.45) is 0 Å². The van der Waals surface area contributed by atoms with Crippen LogP contribution in [0.5, 0.6) is 0 Å². The van der Waals surface area contributed by atoms with Crippen LogP contribution in [0.3, 0.4) is 0 Å². The number of carbonyl (C=O) groups is 1. The summed E-state index contributed by atoms with van der Waals surface area (Å²) in [6.07, 6.45) is 21.8.